The summed E-state index contributed by atoms with van der Waals surface area (Å²) < 4.78 is 0. The van der Waals surface area contributed by atoms with E-state index in [9.17, 15) is 5.11 Å². The molecular weight excluding hydrogens is 274 g/mol. The number of aromatic hydroxyl groups is 1. The van der Waals surface area contributed by atoms with Gasteiger partial charge in [-0.25, -0.2) is 0 Å². The van der Waals surface area contributed by atoms with Gasteiger partial charge in [0, 0.05) is 12.1 Å². The Balaban J connectivity index is 1.79. The molecule has 3 rings (SSSR count). The molecule has 2 aromatic rings. The van der Waals surface area contributed by atoms with E-state index in [0.717, 1.165) is 35.5 Å². The van der Waals surface area contributed by atoms with E-state index in [0.29, 0.717) is 5.92 Å². The Hall–Kier alpha value is -1.94. The fourth-order valence-corrected chi connectivity index (χ4v) is 3.32. The van der Waals surface area contributed by atoms with Crippen molar-refractivity contribution in [3.05, 3.63) is 41.6 Å². The summed E-state index contributed by atoms with van der Waals surface area (Å²) in [7, 11) is 2.18. The predicted octanol–water partition coefficient (Wildman–Crippen LogP) is 3.04. The zero-order chi connectivity index (χ0) is 15.5. The van der Waals surface area contributed by atoms with Gasteiger partial charge in [-0.05, 0) is 69.5 Å². The molecule has 1 fully saturated rings. The highest BCUT2D eigenvalue weighted by atomic mass is 16.3. The van der Waals surface area contributed by atoms with Crippen LogP contribution in [0.25, 0.3) is 11.3 Å². The van der Waals surface area contributed by atoms with Crippen molar-refractivity contribution < 1.29 is 5.11 Å². The summed E-state index contributed by atoms with van der Waals surface area (Å²) >= 11 is 0. The summed E-state index contributed by atoms with van der Waals surface area (Å²) in [5.74, 6) is 0.921. The fourth-order valence-electron chi connectivity index (χ4n) is 3.32. The molecule has 4 nitrogen and oxygen atoms in total. The second-order valence-corrected chi connectivity index (χ2v) is 6.36. The highest BCUT2D eigenvalue weighted by molar-refractivity contribution is 5.68. The summed E-state index contributed by atoms with van der Waals surface area (Å²) in [5.41, 5.74) is 3.63. The first-order valence-electron chi connectivity index (χ1n) is 7.93. The lowest BCUT2D eigenvalue weighted by atomic mass is 9.93. The van der Waals surface area contributed by atoms with Gasteiger partial charge >= 0.3 is 0 Å². The number of rotatable bonds is 3. The van der Waals surface area contributed by atoms with Crippen LogP contribution in [0.5, 0.6) is 5.75 Å². The average molecular weight is 297 g/mol. The number of benzene rings is 1. The Bertz CT molecular complexity index is 657. The second-order valence-electron chi connectivity index (χ2n) is 6.36. The predicted molar refractivity (Wildman–Crippen MR) is 87.8 cm³/mol. The van der Waals surface area contributed by atoms with Crippen LogP contribution in [-0.2, 0) is 6.42 Å². The summed E-state index contributed by atoms with van der Waals surface area (Å²) in [4.78, 5) is 2.39. The first-order chi connectivity index (χ1) is 10.6. The molecule has 0 spiro atoms. The van der Waals surface area contributed by atoms with Gasteiger partial charge in [-0.1, -0.05) is 12.1 Å². The summed E-state index contributed by atoms with van der Waals surface area (Å²) in [6.45, 7) is 4.38. The van der Waals surface area contributed by atoms with Crippen molar-refractivity contribution >= 4 is 0 Å². The van der Waals surface area contributed by atoms with Crippen molar-refractivity contribution in [3.8, 4) is 17.0 Å². The minimum Gasteiger partial charge on any atom is -0.507 e. The van der Waals surface area contributed by atoms with Gasteiger partial charge in [0.25, 0.3) is 0 Å². The molecule has 0 unspecified atom stereocenters. The number of para-hydroxylation sites is 1. The Morgan fingerprint density at radius 3 is 2.82 bits per heavy atom. The van der Waals surface area contributed by atoms with Crippen LogP contribution < -0.4 is 0 Å². The topological polar surface area (TPSA) is 49.2 Å². The molecule has 0 bridgehead atoms. The van der Waals surface area contributed by atoms with Crippen LogP contribution in [-0.4, -0.2) is 40.3 Å². The quantitative estimate of drug-likeness (QED) is 0.946. The number of aromatic nitrogens is 2. The number of piperidine rings is 1. The lowest BCUT2D eigenvalue weighted by molar-refractivity contribution is 0.208. The fraction of sp³-hybridized carbons (Fsp3) is 0.444. The van der Waals surface area contributed by atoms with Crippen molar-refractivity contribution in [2.75, 3.05) is 20.1 Å². The van der Waals surface area contributed by atoms with E-state index < -0.39 is 0 Å². The monoisotopic (exact) mass is 297 g/mol. The lowest BCUT2D eigenvalue weighted by Gasteiger charge is -2.29. The molecule has 0 aliphatic carbocycles. The van der Waals surface area contributed by atoms with Gasteiger partial charge in [0.15, 0.2) is 0 Å². The van der Waals surface area contributed by atoms with E-state index >= 15 is 0 Å². The Morgan fingerprint density at radius 1 is 1.27 bits per heavy atom. The van der Waals surface area contributed by atoms with Crippen LogP contribution >= 0.6 is 0 Å². The molecule has 2 heterocycles. The van der Waals surface area contributed by atoms with E-state index in [1.807, 2.05) is 25.1 Å². The van der Waals surface area contributed by atoms with Crippen molar-refractivity contribution in [1.29, 1.82) is 0 Å². The third kappa shape index (κ3) is 3.28. The molecule has 0 saturated carbocycles. The lowest BCUT2D eigenvalue weighted by Crippen LogP contribution is -2.33. The summed E-state index contributed by atoms with van der Waals surface area (Å²) in [5, 5.41) is 18.7. The molecule has 1 aliphatic heterocycles. The van der Waals surface area contributed by atoms with Crippen LogP contribution in [0.1, 0.15) is 24.1 Å². The second kappa shape index (κ2) is 6.44. The molecule has 116 valence electrons. The molecule has 1 aromatic heterocycles. The van der Waals surface area contributed by atoms with Crippen LogP contribution in [0, 0.1) is 12.8 Å². The summed E-state index contributed by atoms with van der Waals surface area (Å²) in [6.07, 6.45) is 3.52. The van der Waals surface area contributed by atoms with Crippen LogP contribution in [0.4, 0.5) is 0 Å². The maximum Gasteiger partial charge on any atom is 0.125 e. The zero-order valence-corrected chi connectivity index (χ0v) is 13.3. The largest absolute Gasteiger partial charge is 0.507 e. The molecule has 1 aromatic carbocycles. The third-order valence-corrected chi connectivity index (χ3v) is 4.41. The van der Waals surface area contributed by atoms with Crippen LogP contribution in [0.3, 0.4) is 0 Å². The average Bonchev–Trinajstić information content (AvgIpc) is 2.49. The first kappa shape index (κ1) is 15.0. The number of hydrogen-bond acceptors (Lipinski definition) is 4. The third-order valence-electron chi connectivity index (χ3n) is 4.41. The SMILES string of the molecule is Cc1cc(C[C@H]2CCCN(C)C2)nnc1-c1ccccc1O. The molecule has 1 atom stereocenters. The highest BCUT2D eigenvalue weighted by Gasteiger charge is 2.19. The molecule has 1 N–H and O–H groups in total. The van der Waals surface area contributed by atoms with Gasteiger partial charge in [0.2, 0.25) is 0 Å². The van der Waals surface area contributed by atoms with Gasteiger partial charge in [0.05, 0.1) is 11.4 Å². The number of aryl methyl sites for hydroxylation is 1. The van der Waals surface area contributed by atoms with Gasteiger partial charge < -0.3 is 10.0 Å². The number of likely N-dealkylation sites (tertiary alicyclic amines) is 1. The van der Waals surface area contributed by atoms with E-state index in [4.69, 9.17) is 0 Å². The van der Waals surface area contributed by atoms with E-state index in [1.165, 1.54) is 19.4 Å². The molecule has 1 saturated heterocycles. The van der Waals surface area contributed by atoms with Crippen molar-refractivity contribution in [2.45, 2.75) is 26.2 Å². The maximum absolute atomic E-state index is 9.97. The summed E-state index contributed by atoms with van der Waals surface area (Å²) in [6, 6.07) is 9.39. The van der Waals surface area contributed by atoms with E-state index in [-0.39, 0.29) is 5.75 Å². The standard InChI is InChI=1S/C18H23N3O/c1-13-10-15(11-14-6-5-9-21(2)12-14)19-20-18(13)16-7-3-4-8-17(16)22/h3-4,7-8,10,14,22H,5-6,9,11-12H2,1-2H3/t14-/m1/s1. The molecule has 1 aliphatic rings. The minimum absolute atomic E-state index is 0.251. The number of phenolic OH excluding ortho intramolecular Hbond substituents is 1. The Kier molecular flexibility index (Phi) is 4.39. The molecule has 0 radical (unpaired) electrons. The highest BCUT2D eigenvalue weighted by Crippen LogP contribution is 2.29. The van der Waals surface area contributed by atoms with Crippen molar-refractivity contribution in [1.82, 2.24) is 15.1 Å². The van der Waals surface area contributed by atoms with Crippen molar-refractivity contribution in [3.63, 3.8) is 0 Å². The van der Waals surface area contributed by atoms with Crippen molar-refractivity contribution in [2.24, 2.45) is 5.92 Å². The normalized spacial score (nSPS) is 19.3. The number of hydrogen-bond donors (Lipinski definition) is 1. The molecule has 0 amide bonds. The number of phenols is 1. The smallest absolute Gasteiger partial charge is 0.125 e. The van der Waals surface area contributed by atoms with Gasteiger partial charge in [-0.2, -0.15) is 5.10 Å². The van der Waals surface area contributed by atoms with Crippen LogP contribution in [0.15, 0.2) is 30.3 Å². The van der Waals surface area contributed by atoms with Gasteiger partial charge in [-0.15, -0.1) is 5.10 Å². The zero-order valence-electron chi connectivity index (χ0n) is 13.3. The first-order valence-corrected chi connectivity index (χ1v) is 7.93. The molecular formula is C18H23N3O. The maximum atomic E-state index is 9.97. The molecule has 22 heavy (non-hydrogen) atoms. The Morgan fingerprint density at radius 2 is 2.09 bits per heavy atom. The minimum atomic E-state index is 0.251. The number of nitrogens with zero attached hydrogens (tertiary/aromatic N) is 3. The van der Waals surface area contributed by atoms with Gasteiger partial charge in [-0.3, -0.25) is 0 Å². The molecule has 4 heteroatoms. The van der Waals surface area contributed by atoms with Gasteiger partial charge in [0.1, 0.15) is 5.75 Å². The Labute approximate surface area is 131 Å². The van der Waals surface area contributed by atoms with Crippen LogP contribution in [0.2, 0.25) is 0 Å². The van der Waals surface area contributed by atoms with E-state index in [2.05, 4.69) is 28.2 Å². The van der Waals surface area contributed by atoms with E-state index in [1.54, 1.807) is 6.07 Å².